The van der Waals surface area contributed by atoms with Crippen molar-refractivity contribution in [3.63, 3.8) is 0 Å². The van der Waals surface area contributed by atoms with Crippen LogP contribution < -0.4 is 10.0 Å². The van der Waals surface area contributed by atoms with E-state index in [1.165, 1.54) is 97.5 Å². The van der Waals surface area contributed by atoms with Crippen molar-refractivity contribution in [2.75, 3.05) is 6.54 Å². The lowest BCUT2D eigenvalue weighted by Gasteiger charge is -2.27. The third kappa shape index (κ3) is 20.1. The van der Waals surface area contributed by atoms with E-state index in [1.807, 2.05) is 6.92 Å². The first-order chi connectivity index (χ1) is 32.0. The third-order valence-electron chi connectivity index (χ3n) is 11.2. The van der Waals surface area contributed by atoms with Gasteiger partial charge in [0.2, 0.25) is 0 Å². The molecular formula is C46H74N2O17S3. The van der Waals surface area contributed by atoms with Crippen molar-refractivity contribution in [2.24, 2.45) is 0 Å². The molecule has 1 aromatic heterocycles. The molecule has 8 atom stereocenters. The second kappa shape index (κ2) is 29.8. The van der Waals surface area contributed by atoms with Crippen LogP contribution in [0.2, 0.25) is 0 Å². The number of carbonyl (C=O) groups is 7. The summed E-state index contributed by atoms with van der Waals surface area (Å²) in [5.74, 6) is -7.74. The van der Waals surface area contributed by atoms with Crippen molar-refractivity contribution in [3.05, 3.63) is 11.6 Å². The fourth-order valence-electron chi connectivity index (χ4n) is 6.98. The minimum absolute atomic E-state index is 0.125. The zero-order chi connectivity index (χ0) is 51.2. The average molecular weight is 1020 g/mol. The van der Waals surface area contributed by atoms with E-state index in [1.54, 1.807) is 4.72 Å². The monoisotopic (exact) mass is 1020 g/mol. The highest BCUT2D eigenvalue weighted by molar-refractivity contribution is 7.95. The van der Waals surface area contributed by atoms with Crippen LogP contribution in [-0.2, 0) is 81.8 Å². The second-order valence-corrected chi connectivity index (χ2v) is 22.7. The van der Waals surface area contributed by atoms with Crippen molar-refractivity contribution < 1.29 is 78.8 Å². The summed E-state index contributed by atoms with van der Waals surface area (Å²) in [6.45, 7) is 12.9. The Kier molecular flexibility index (Phi) is 26.3. The molecule has 1 amide bonds. The predicted octanol–water partition coefficient (Wildman–Crippen LogP) is 6.62. The fraction of sp³-hybridized carbons (Fsp3) is 0.761. The van der Waals surface area contributed by atoms with Crippen LogP contribution in [-0.4, -0.2) is 107 Å². The van der Waals surface area contributed by atoms with Gasteiger partial charge in [-0.2, -0.15) is 0 Å². The summed E-state index contributed by atoms with van der Waals surface area (Å²) >= 11 is 0.497. The van der Waals surface area contributed by atoms with Crippen LogP contribution in [0, 0.1) is 0 Å². The summed E-state index contributed by atoms with van der Waals surface area (Å²) in [6, 6.07) is 0.757. The molecule has 0 fully saturated rings. The van der Waals surface area contributed by atoms with E-state index in [0.29, 0.717) is 24.3 Å². The lowest BCUT2D eigenvalue weighted by molar-refractivity contribution is -0.187. The molecule has 0 spiro atoms. The molecule has 2 N–H and O–H groups in total. The van der Waals surface area contributed by atoms with Crippen LogP contribution in [0.5, 0.6) is 0 Å². The molecule has 1 aliphatic heterocycles. The van der Waals surface area contributed by atoms with Gasteiger partial charge in [0.1, 0.15) is 8.42 Å². The average Bonchev–Trinajstić information content (AvgIpc) is 3.75. The molecular weight excluding hydrogens is 949 g/mol. The molecule has 1 aliphatic rings. The van der Waals surface area contributed by atoms with E-state index in [2.05, 4.69) is 12.2 Å². The third-order valence-corrected chi connectivity index (χ3v) is 16.9. The molecule has 2 rings (SSSR count). The second-order valence-electron chi connectivity index (χ2n) is 17.2. The number of thiophene rings is 1. The van der Waals surface area contributed by atoms with Gasteiger partial charge in [0.25, 0.3) is 15.9 Å². The van der Waals surface area contributed by atoms with Gasteiger partial charge >= 0.3 is 35.8 Å². The maximum atomic E-state index is 13.1. The van der Waals surface area contributed by atoms with Gasteiger partial charge < -0.3 is 33.7 Å². The molecule has 0 aliphatic carbocycles. The first-order valence-corrected chi connectivity index (χ1v) is 27.7. The molecule has 0 saturated heterocycles. The van der Waals surface area contributed by atoms with Gasteiger partial charge in [0.05, 0.1) is 5.25 Å². The number of nitrogens with one attached hydrogen (secondary N) is 2. The van der Waals surface area contributed by atoms with Crippen molar-refractivity contribution in [3.8, 4) is 0 Å². The predicted molar refractivity (Wildman–Crippen MR) is 250 cm³/mol. The van der Waals surface area contributed by atoms with Crippen molar-refractivity contribution >= 4 is 72.9 Å². The van der Waals surface area contributed by atoms with Crippen LogP contribution in [0.3, 0.4) is 0 Å². The SMILES string of the molecule is CCCCCCCCCCCCCCCCCC(=O)OC(C)C(=O)OC(C)C(=O)OC(C)C(=O)OC(C)C(=O)OC(C)C(=O)OC(C)C(=O)NS(=O)(=O)c1cc2c(s1)S(=O)(=O)[C@@H](C)C[C@@H]2NCC. The van der Waals surface area contributed by atoms with E-state index in [0.717, 1.165) is 47.0 Å². The van der Waals surface area contributed by atoms with Crippen molar-refractivity contribution in [1.29, 1.82) is 0 Å². The Hall–Kier alpha value is -4.15. The number of hydrogen-bond acceptors (Lipinski definition) is 19. The summed E-state index contributed by atoms with van der Waals surface area (Å²) in [5, 5.41) is 2.36. The number of fused-ring (bicyclic) bond motifs is 1. The van der Waals surface area contributed by atoms with Crippen LogP contribution in [0.1, 0.15) is 183 Å². The van der Waals surface area contributed by atoms with Gasteiger partial charge in [-0.05, 0) is 73.9 Å². The largest absolute Gasteiger partial charge is 0.451 e. The van der Waals surface area contributed by atoms with Gasteiger partial charge in [-0.15, -0.1) is 11.3 Å². The Morgan fingerprint density at radius 3 is 1.37 bits per heavy atom. The summed E-state index contributed by atoms with van der Waals surface area (Å²) < 4.78 is 83.6. The molecule has 0 saturated carbocycles. The van der Waals surface area contributed by atoms with Gasteiger partial charge in [-0.25, -0.2) is 45.5 Å². The van der Waals surface area contributed by atoms with E-state index < -0.39 is 114 Å². The minimum Gasteiger partial charge on any atom is -0.451 e. The molecule has 68 heavy (non-hydrogen) atoms. The highest BCUT2D eigenvalue weighted by Crippen LogP contribution is 2.42. The number of rotatable bonds is 32. The molecule has 6 unspecified atom stereocenters. The van der Waals surface area contributed by atoms with E-state index in [4.69, 9.17) is 28.4 Å². The smallest absolute Gasteiger partial charge is 0.347 e. The highest BCUT2D eigenvalue weighted by atomic mass is 32.3. The Balaban J connectivity index is 1.70. The highest BCUT2D eigenvalue weighted by Gasteiger charge is 2.40. The quantitative estimate of drug-likeness (QED) is 0.0436. The number of ether oxygens (including phenoxy) is 6. The van der Waals surface area contributed by atoms with Crippen LogP contribution >= 0.6 is 11.3 Å². The van der Waals surface area contributed by atoms with E-state index in [9.17, 15) is 50.4 Å². The van der Waals surface area contributed by atoms with Gasteiger partial charge in [0, 0.05) is 18.0 Å². The summed E-state index contributed by atoms with van der Waals surface area (Å²) in [4.78, 5) is 88.2. The van der Waals surface area contributed by atoms with Crippen LogP contribution in [0.25, 0.3) is 0 Å². The Morgan fingerprint density at radius 1 is 0.603 bits per heavy atom. The van der Waals surface area contributed by atoms with Crippen molar-refractivity contribution in [1.82, 2.24) is 10.0 Å². The molecule has 0 bridgehead atoms. The Morgan fingerprint density at radius 2 is 0.971 bits per heavy atom. The maximum absolute atomic E-state index is 13.1. The Labute approximate surface area is 406 Å². The van der Waals surface area contributed by atoms with Crippen molar-refractivity contribution in [2.45, 2.75) is 228 Å². The number of unbranched alkanes of at least 4 members (excludes halogenated alkanes) is 14. The number of carbonyl (C=O) groups excluding carboxylic acids is 7. The number of hydrogen-bond donors (Lipinski definition) is 2. The fourth-order valence-corrected chi connectivity index (χ4v) is 12.0. The number of sulfonamides is 1. The lowest BCUT2D eigenvalue weighted by atomic mass is 10.0. The molecule has 388 valence electrons. The van der Waals surface area contributed by atoms with E-state index in [-0.39, 0.29) is 22.6 Å². The first-order valence-electron chi connectivity index (χ1n) is 23.9. The number of esters is 6. The Bertz CT molecular complexity index is 2050. The van der Waals surface area contributed by atoms with E-state index >= 15 is 0 Å². The molecule has 0 aromatic carbocycles. The maximum Gasteiger partial charge on any atom is 0.347 e. The van der Waals surface area contributed by atoms with Gasteiger partial charge in [-0.1, -0.05) is 104 Å². The van der Waals surface area contributed by atoms with Gasteiger partial charge in [-0.3, -0.25) is 9.59 Å². The number of amides is 1. The lowest BCUT2D eigenvalue weighted by Crippen LogP contribution is -2.41. The minimum atomic E-state index is -4.61. The molecule has 22 heteroatoms. The first kappa shape index (κ1) is 60.0. The van der Waals surface area contributed by atoms with Crippen LogP contribution in [0.4, 0.5) is 0 Å². The zero-order valence-electron chi connectivity index (χ0n) is 41.1. The molecule has 1 aromatic rings. The molecule has 2 heterocycles. The summed E-state index contributed by atoms with van der Waals surface area (Å²) in [6.07, 6.45) is 8.61. The summed E-state index contributed by atoms with van der Waals surface area (Å²) in [5.41, 5.74) is 0.271. The standard InChI is InChI=1S/C46H74N2O17S3/c1-10-12-13-14-15-16-17-18-19-20-21-22-23-24-25-26-38(49)60-31(5)41(51)62-33(7)43(53)64-35(9)45(55)65-34(8)44(54)63-32(6)42(52)61-30(4)40(50)48-68(58,59)39-28-36-37(47-11-2)27-29(3)67(56,57)46(36)66-39/h28-35,37,47H,10-27H2,1-9H3,(H,48,50)/t29-,30?,31?,32?,33?,34?,35?,37-/m0/s1. The normalized spacial score (nSPS) is 18.0. The topological polar surface area (TPSA) is 267 Å². The molecule has 19 nitrogen and oxygen atoms in total. The van der Waals surface area contributed by atoms with Gasteiger partial charge in [0.15, 0.2) is 46.5 Å². The summed E-state index contributed by atoms with van der Waals surface area (Å²) in [7, 11) is -8.43. The molecule has 0 radical (unpaired) electrons. The van der Waals surface area contributed by atoms with Crippen LogP contribution in [0.15, 0.2) is 14.5 Å². The number of sulfone groups is 1. The zero-order valence-corrected chi connectivity index (χ0v) is 43.5.